The van der Waals surface area contributed by atoms with Gasteiger partial charge in [0.15, 0.2) is 0 Å². The largest absolute Gasteiger partial charge is 0.493 e. The van der Waals surface area contributed by atoms with Gasteiger partial charge in [-0.1, -0.05) is 0 Å². The van der Waals surface area contributed by atoms with Crippen LogP contribution >= 0.6 is 0 Å². The number of nitriles is 1. The van der Waals surface area contributed by atoms with E-state index in [1.807, 2.05) is 26.0 Å². The minimum absolute atomic E-state index is 0.0792. The molecule has 0 fully saturated rings. The van der Waals surface area contributed by atoms with E-state index in [1.54, 1.807) is 6.07 Å². The molecule has 0 saturated carbocycles. The van der Waals surface area contributed by atoms with Gasteiger partial charge in [0.05, 0.1) is 13.7 Å². The highest BCUT2D eigenvalue weighted by Crippen LogP contribution is 2.36. The first kappa shape index (κ1) is 14.9. The zero-order valence-electron chi connectivity index (χ0n) is 12.3. The lowest BCUT2D eigenvalue weighted by atomic mass is 10.0. The Balaban J connectivity index is 2.47. The van der Waals surface area contributed by atoms with Gasteiger partial charge in [0.2, 0.25) is 0 Å². The van der Waals surface area contributed by atoms with Crippen molar-refractivity contribution in [2.45, 2.75) is 26.4 Å². The number of benzene rings is 1. The van der Waals surface area contributed by atoms with Gasteiger partial charge in [-0.15, -0.1) is 0 Å². The molecular weight excluding hydrogens is 270 g/mol. The molecule has 2 rings (SSSR count). The summed E-state index contributed by atoms with van der Waals surface area (Å²) in [5, 5.41) is 9.05. The van der Waals surface area contributed by atoms with Crippen LogP contribution in [0.5, 0.6) is 11.5 Å². The molecule has 1 aliphatic heterocycles. The van der Waals surface area contributed by atoms with Crippen LogP contribution in [0.2, 0.25) is 0 Å². The van der Waals surface area contributed by atoms with Crippen LogP contribution in [0.25, 0.3) is 6.08 Å². The van der Waals surface area contributed by atoms with Crippen LogP contribution in [0, 0.1) is 11.3 Å². The van der Waals surface area contributed by atoms with E-state index in [0.29, 0.717) is 17.9 Å². The molecule has 0 N–H and O–H groups in total. The lowest BCUT2D eigenvalue weighted by Crippen LogP contribution is -2.05. The minimum atomic E-state index is -0.672. The first-order valence-electron chi connectivity index (χ1n) is 6.75. The van der Waals surface area contributed by atoms with Gasteiger partial charge in [-0.2, -0.15) is 5.26 Å². The molecule has 0 saturated heterocycles. The number of esters is 1. The van der Waals surface area contributed by atoms with Crippen molar-refractivity contribution in [2.75, 3.05) is 13.7 Å². The number of hydrogen-bond acceptors (Lipinski definition) is 5. The molecule has 0 aliphatic carbocycles. The first-order chi connectivity index (χ1) is 10.1. The quantitative estimate of drug-likeness (QED) is 0.483. The standard InChI is InChI=1S/C16H17NO4/c1-4-20-14-7-11-5-10(2)21-15(11)8-12(14)6-13(9-17)16(18)19-3/h6-8,10H,4-5H2,1-3H3. The Morgan fingerprint density at radius 1 is 1.57 bits per heavy atom. The Labute approximate surface area is 123 Å². The summed E-state index contributed by atoms with van der Waals surface area (Å²) in [6.45, 7) is 4.37. The maximum atomic E-state index is 11.5. The first-order valence-corrected chi connectivity index (χ1v) is 6.75. The molecular formula is C16H17NO4. The molecule has 1 atom stereocenters. The van der Waals surface area contributed by atoms with E-state index >= 15 is 0 Å². The molecule has 1 aromatic carbocycles. The van der Waals surface area contributed by atoms with Crippen LogP contribution in [-0.4, -0.2) is 25.8 Å². The second kappa shape index (κ2) is 6.31. The van der Waals surface area contributed by atoms with Gasteiger partial charge in [-0.3, -0.25) is 0 Å². The smallest absolute Gasteiger partial charge is 0.348 e. The van der Waals surface area contributed by atoms with Gasteiger partial charge in [0.1, 0.15) is 29.2 Å². The topological polar surface area (TPSA) is 68.5 Å². The summed E-state index contributed by atoms with van der Waals surface area (Å²) >= 11 is 0. The monoisotopic (exact) mass is 287 g/mol. The molecule has 1 heterocycles. The van der Waals surface area contributed by atoms with Crippen molar-refractivity contribution in [3.63, 3.8) is 0 Å². The molecule has 0 radical (unpaired) electrons. The number of methoxy groups -OCH3 is 1. The fourth-order valence-corrected chi connectivity index (χ4v) is 2.25. The van der Waals surface area contributed by atoms with Gasteiger partial charge in [-0.05, 0) is 32.1 Å². The Bertz CT molecular complexity index is 628. The zero-order chi connectivity index (χ0) is 15.4. The van der Waals surface area contributed by atoms with Crippen LogP contribution in [0.3, 0.4) is 0 Å². The predicted molar refractivity (Wildman–Crippen MR) is 77.0 cm³/mol. The highest BCUT2D eigenvalue weighted by molar-refractivity contribution is 5.98. The summed E-state index contributed by atoms with van der Waals surface area (Å²) in [4.78, 5) is 11.5. The normalized spacial score (nSPS) is 16.7. The van der Waals surface area contributed by atoms with E-state index < -0.39 is 5.97 Å². The molecule has 5 nitrogen and oxygen atoms in total. The number of ether oxygens (including phenoxy) is 3. The maximum absolute atomic E-state index is 11.5. The van der Waals surface area contributed by atoms with Crippen molar-refractivity contribution in [2.24, 2.45) is 0 Å². The van der Waals surface area contributed by atoms with Gasteiger partial charge in [0, 0.05) is 17.5 Å². The van der Waals surface area contributed by atoms with E-state index in [2.05, 4.69) is 4.74 Å². The minimum Gasteiger partial charge on any atom is -0.493 e. The van der Waals surface area contributed by atoms with Crippen LogP contribution < -0.4 is 9.47 Å². The third kappa shape index (κ3) is 3.16. The number of hydrogen-bond donors (Lipinski definition) is 0. The van der Waals surface area contributed by atoms with Gasteiger partial charge < -0.3 is 14.2 Å². The average molecular weight is 287 g/mol. The van der Waals surface area contributed by atoms with Gasteiger partial charge >= 0.3 is 5.97 Å². The van der Waals surface area contributed by atoms with Crippen molar-refractivity contribution in [3.05, 3.63) is 28.8 Å². The molecule has 0 aromatic heterocycles. The predicted octanol–water partition coefficient (Wildman–Crippen LogP) is 2.49. The van der Waals surface area contributed by atoms with Crippen LogP contribution in [-0.2, 0) is 16.0 Å². The van der Waals surface area contributed by atoms with Crippen molar-refractivity contribution in [1.82, 2.24) is 0 Å². The highest BCUT2D eigenvalue weighted by Gasteiger charge is 2.22. The van der Waals surface area contributed by atoms with E-state index in [-0.39, 0.29) is 11.7 Å². The zero-order valence-corrected chi connectivity index (χ0v) is 12.3. The molecule has 1 aliphatic rings. The molecule has 1 unspecified atom stereocenters. The van der Waals surface area contributed by atoms with Crippen molar-refractivity contribution in [3.8, 4) is 17.6 Å². The number of carbonyl (C=O) groups is 1. The van der Waals surface area contributed by atoms with Crippen LogP contribution in [0.1, 0.15) is 25.0 Å². The van der Waals surface area contributed by atoms with Crippen LogP contribution in [0.15, 0.2) is 17.7 Å². The number of rotatable bonds is 4. The summed E-state index contributed by atoms with van der Waals surface area (Å²) < 4.78 is 15.9. The second-order valence-corrected chi connectivity index (χ2v) is 4.72. The summed E-state index contributed by atoms with van der Waals surface area (Å²) in [5.41, 5.74) is 1.62. The van der Waals surface area contributed by atoms with Crippen molar-refractivity contribution in [1.29, 1.82) is 5.26 Å². The number of nitrogens with zero attached hydrogens (tertiary/aromatic N) is 1. The molecule has 5 heteroatoms. The molecule has 110 valence electrons. The second-order valence-electron chi connectivity index (χ2n) is 4.72. The lowest BCUT2D eigenvalue weighted by Gasteiger charge is -2.10. The Hall–Kier alpha value is -2.48. The average Bonchev–Trinajstić information content (AvgIpc) is 2.83. The number of fused-ring (bicyclic) bond motifs is 1. The van der Waals surface area contributed by atoms with Crippen molar-refractivity contribution >= 4 is 12.0 Å². The van der Waals surface area contributed by atoms with Gasteiger partial charge in [-0.25, -0.2) is 4.79 Å². The molecule has 0 bridgehead atoms. The Morgan fingerprint density at radius 2 is 2.33 bits per heavy atom. The summed E-state index contributed by atoms with van der Waals surface area (Å²) in [6, 6.07) is 5.54. The van der Waals surface area contributed by atoms with E-state index in [1.165, 1.54) is 13.2 Å². The van der Waals surface area contributed by atoms with E-state index in [9.17, 15) is 4.79 Å². The molecule has 21 heavy (non-hydrogen) atoms. The lowest BCUT2D eigenvalue weighted by molar-refractivity contribution is -0.135. The summed E-state index contributed by atoms with van der Waals surface area (Å²) in [7, 11) is 1.24. The Morgan fingerprint density at radius 3 is 2.95 bits per heavy atom. The van der Waals surface area contributed by atoms with Crippen LogP contribution in [0.4, 0.5) is 0 Å². The summed E-state index contributed by atoms with van der Waals surface area (Å²) in [5.74, 6) is 0.722. The fraction of sp³-hybridized carbons (Fsp3) is 0.375. The number of carbonyl (C=O) groups excluding carboxylic acids is 1. The van der Waals surface area contributed by atoms with Gasteiger partial charge in [0.25, 0.3) is 0 Å². The van der Waals surface area contributed by atoms with Crippen molar-refractivity contribution < 1.29 is 19.0 Å². The fourth-order valence-electron chi connectivity index (χ4n) is 2.25. The SMILES string of the molecule is CCOc1cc2c(cc1C=C(C#N)C(=O)OC)OC(C)C2. The maximum Gasteiger partial charge on any atom is 0.348 e. The third-order valence-corrected chi connectivity index (χ3v) is 3.15. The van der Waals surface area contributed by atoms with E-state index in [0.717, 1.165) is 17.7 Å². The third-order valence-electron chi connectivity index (χ3n) is 3.15. The van der Waals surface area contributed by atoms with E-state index in [4.69, 9.17) is 14.7 Å². The Kier molecular flexibility index (Phi) is 4.49. The molecule has 0 spiro atoms. The molecule has 1 aromatic rings. The summed E-state index contributed by atoms with van der Waals surface area (Å²) in [6.07, 6.45) is 2.40. The molecule has 0 amide bonds. The highest BCUT2D eigenvalue weighted by atomic mass is 16.5.